The summed E-state index contributed by atoms with van der Waals surface area (Å²) in [6.07, 6.45) is 2.36. The first-order valence-electron chi connectivity index (χ1n) is 6.64. The highest BCUT2D eigenvalue weighted by Gasteiger charge is 2.44. The second kappa shape index (κ2) is 6.67. The lowest BCUT2D eigenvalue weighted by atomic mass is 9.77. The second-order valence-electron chi connectivity index (χ2n) is 5.21. The Balaban J connectivity index is 2.75. The Bertz CT molecular complexity index is 408. The Morgan fingerprint density at radius 3 is 2.74 bits per heavy atom. The molecule has 112 valence electrons. The van der Waals surface area contributed by atoms with Gasteiger partial charge in [0.05, 0.1) is 12.4 Å². The summed E-state index contributed by atoms with van der Waals surface area (Å²) >= 11 is 0. The Morgan fingerprint density at radius 1 is 1.53 bits per heavy atom. The molecule has 19 heavy (non-hydrogen) atoms. The van der Waals surface area contributed by atoms with Gasteiger partial charge in [-0.15, -0.1) is 0 Å². The zero-order valence-electron chi connectivity index (χ0n) is 11.5. The number of aliphatic carboxylic acids is 1. The molecule has 2 atom stereocenters. The number of sulfonamides is 1. The van der Waals surface area contributed by atoms with Gasteiger partial charge in [-0.1, -0.05) is 19.8 Å². The second-order valence-corrected chi connectivity index (χ2v) is 7.05. The molecule has 2 N–H and O–H groups in total. The number of nitrogens with one attached hydrogen (secondary N) is 1. The van der Waals surface area contributed by atoms with Crippen molar-refractivity contribution >= 4 is 16.0 Å². The van der Waals surface area contributed by atoms with E-state index in [-0.39, 0.29) is 18.3 Å². The van der Waals surface area contributed by atoms with Gasteiger partial charge in [0.15, 0.2) is 0 Å². The van der Waals surface area contributed by atoms with Crippen molar-refractivity contribution in [1.29, 1.82) is 0 Å². The number of carboxylic acids is 1. The van der Waals surface area contributed by atoms with E-state index in [0.29, 0.717) is 19.4 Å². The first-order valence-corrected chi connectivity index (χ1v) is 8.29. The smallest absolute Gasteiger partial charge is 0.324 e. The van der Waals surface area contributed by atoms with Gasteiger partial charge in [0.25, 0.3) is 0 Å². The monoisotopic (exact) mass is 293 g/mol. The van der Waals surface area contributed by atoms with Gasteiger partial charge in [0.1, 0.15) is 5.54 Å². The third-order valence-corrected chi connectivity index (χ3v) is 4.86. The Kier molecular flexibility index (Phi) is 5.76. The fraction of sp³-hybridized carbons (Fsp3) is 0.917. The van der Waals surface area contributed by atoms with Crippen LogP contribution in [0.25, 0.3) is 0 Å². The Morgan fingerprint density at radius 2 is 2.21 bits per heavy atom. The van der Waals surface area contributed by atoms with Crippen LogP contribution in [0.3, 0.4) is 0 Å². The molecule has 0 aliphatic heterocycles. The fourth-order valence-electron chi connectivity index (χ4n) is 2.54. The highest BCUT2D eigenvalue weighted by atomic mass is 32.2. The van der Waals surface area contributed by atoms with Crippen LogP contribution in [0, 0.1) is 5.92 Å². The van der Waals surface area contributed by atoms with Crippen molar-refractivity contribution < 1.29 is 23.1 Å². The third kappa shape index (κ3) is 4.74. The number of carboxylic acid groups (broad SMARTS) is 1. The molecule has 0 bridgehead atoms. The molecule has 1 rings (SSSR count). The zero-order valence-corrected chi connectivity index (χ0v) is 12.3. The molecule has 2 unspecified atom stereocenters. The van der Waals surface area contributed by atoms with Crippen LogP contribution in [0.4, 0.5) is 0 Å². The first kappa shape index (κ1) is 16.4. The standard InChI is InChI=1S/C12H23NO5S/c1-3-18-7-8-19(16,17)13-12(11(14)15)6-4-5-10(2)9-12/h10,13H,3-9H2,1-2H3,(H,14,15). The summed E-state index contributed by atoms with van der Waals surface area (Å²) in [4.78, 5) is 11.5. The minimum Gasteiger partial charge on any atom is -0.480 e. The van der Waals surface area contributed by atoms with E-state index in [1.54, 1.807) is 6.92 Å². The summed E-state index contributed by atoms with van der Waals surface area (Å²) < 4.78 is 31.3. The molecule has 7 heteroatoms. The average Bonchev–Trinajstić information content (AvgIpc) is 2.28. The molecule has 1 aliphatic carbocycles. The largest absolute Gasteiger partial charge is 0.480 e. The van der Waals surface area contributed by atoms with Crippen molar-refractivity contribution in [1.82, 2.24) is 4.72 Å². The lowest BCUT2D eigenvalue weighted by Gasteiger charge is -2.36. The van der Waals surface area contributed by atoms with Crippen LogP contribution in [0.1, 0.15) is 39.5 Å². The van der Waals surface area contributed by atoms with Crippen LogP contribution in [0.2, 0.25) is 0 Å². The van der Waals surface area contributed by atoms with Crippen molar-refractivity contribution in [2.75, 3.05) is 19.0 Å². The van der Waals surface area contributed by atoms with E-state index in [9.17, 15) is 18.3 Å². The van der Waals surface area contributed by atoms with Crippen molar-refractivity contribution in [3.05, 3.63) is 0 Å². The minimum absolute atomic E-state index is 0.0804. The predicted octanol–water partition coefficient (Wildman–Crippen LogP) is 0.976. The van der Waals surface area contributed by atoms with E-state index in [2.05, 4.69) is 4.72 Å². The molecule has 6 nitrogen and oxygen atoms in total. The van der Waals surface area contributed by atoms with Crippen molar-refractivity contribution in [3.8, 4) is 0 Å². The molecule has 1 saturated carbocycles. The quantitative estimate of drug-likeness (QED) is 0.682. The molecule has 0 saturated heterocycles. The summed E-state index contributed by atoms with van der Waals surface area (Å²) in [5.74, 6) is -1.08. The molecule has 0 aromatic heterocycles. The minimum atomic E-state index is -3.64. The molecule has 0 radical (unpaired) electrons. The lowest BCUT2D eigenvalue weighted by Crippen LogP contribution is -2.57. The summed E-state index contributed by atoms with van der Waals surface area (Å²) in [6.45, 7) is 4.25. The van der Waals surface area contributed by atoms with Gasteiger partial charge < -0.3 is 9.84 Å². The maximum absolute atomic E-state index is 11.9. The van der Waals surface area contributed by atoms with E-state index in [0.717, 1.165) is 12.8 Å². The summed E-state index contributed by atoms with van der Waals surface area (Å²) in [5.41, 5.74) is -1.34. The first-order chi connectivity index (χ1) is 8.81. The number of hydrogen-bond acceptors (Lipinski definition) is 4. The molecule has 0 aromatic carbocycles. The van der Waals surface area contributed by atoms with Gasteiger partial charge in [0.2, 0.25) is 10.0 Å². The average molecular weight is 293 g/mol. The SMILES string of the molecule is CCOCCS(=O)(=O)NC1(C(=O)O)CCCC(C)C1. The van der Waals surface area contributed by atoms with Gasteiger partial charge >= 0.3 is 5.97 Å². The zero-order chi connectivity index (χ0) is 14.5. The third-order valence-electron chi connectivity index (χ3n) is 3.46. The predicted molar refractivity (Wildman–Crippen MR) is 71.4 cm³/mol. The van der Waals surface area contributed by atoms with E-state index < -0.39 is 21.5 Å². The van der Waals surface area contributed by atoms with Gasteiger partial charge in [-0.25, -0.2) is 8.42 Å². The molecule has 1 fully saturated rings. The molecular weight excluding hydrogens is 270 g/mol. The highest BCUT2D eigenvalue weighted by molar-refractivity contribution is 7.89. The van der Waals surface area contributed by atoms with Crippen molar-refractivity contribution in [2.24, 2.45) is 5.92 Å². The Labute approximate surface area is 114 Å². The van der Waals surface area contributed by atoms with Crippen LogP contribution < -0.4 is 4.72 Å². The van der Waals surface area contributed by atoms with Crippen LogP contribution >= 0.6 is 0 Å². The fourth-order valence-corrected chi connectivity index (χ4v) is 3.85. The molecular formula is C12H23NO5S. The van der Waals surface area contributed by atoms with Gasteiger partial charge in [-0.3, -0.25) is 4.79 Å². The molecule has 1 aliphatic rings. The maximum Gasteiger partial charge on any atom is 0.324 e. The molecule has 0 amide bonds. The van der Waals surface area contributed by atoms with E-state index in [4.69, 9.17) is 4.74 Å². The van der Waals surface area contributed by atoms with E-state index in [1.807, 2.05) is 6.92 Å². The number of carbonyl (C=O) groups is 1. The topological polar surface area (TPSA) is 92.7 Å². The number of rotatable bonds is 7. The summed E-state index contributed by atoms with van der Waals surface area (Å²) in [7, 11) is -3.64. The van der Waals surface area contributed by atoms with Crippen LogP contribution in [0.15, 0.2) is 0 Å². The summed E-state index contributed by atoms with van der Waals surface area (Å²) in [5, 5.41) is 9.38. The van der Waals surface area contributed by atoms with Crippen LogP contribution in [0.5, 0.6) is 0 Å². The van der Waals surface area contributed by atoms with E-state index in [1.165, 1.54) is 0 Å². The van der Waals surface area contributed by atoms with Crippen molar-refractivity contribution in [2.45, 2.75) is 45.1 Å². The molecule has 0 aromatic rings. The van der Waals surface area contributed by atoms with Gasteiger partial charge in [-0.2, -0.15) is 4.72 Å². The maximum atomic E-state index is 11.9. The van der Waals surface area contributed by atoms with Crippen LogP contribution in [-0.4, -0.2) is 44.0 Å². The summed E-state index contributed by atoms with van der Waals surface area (Å²) in [6, 6.07) is 0. The van der Waals surface area contributed by atoms with Crippen molar-refractivity contribution in [3.63, 3.8) is 0 Å². The lowest BCUT2D eigenvalue weighted by molar-refractivity contribution is -0.146. The van der Waals surface area contributed by atoms with Crippen LogP contribution in [-0.2, 0) is 19.6 Å². The van der Waals surface area contributed by atoms with E-state index >= 15 is 0 Å². The molecule has 0 spiro atoms. The number of ether oxygens (including phenoxy) is 1. The molecule has 0 heterocycles. The normalized spacial score (nSPS) is 28.2. The van der Waals surface area contributed by atoms with Gasteiger partial charge in [0, 0.05) is 6.61 Å². The highest BCUT2D eigenvalue weighted by Crippen LogP contribution is 2.33. The van der Waals surface area contributed by atoms with Gasteiger partial charge in [-0.05, 0) is 25.7 Å². The number of hydrogen-bond donors (Lipinski definition) is 2. The Hall–Kier alpha value is -0.660.